The van der Waals surface area contributed by atoms with Crippen LogP contribution in [0, 0.1) is 6.92 Å². The molecule has 2 atom stereocenters. The van der Waals surface area contributed by atoms with Crippen molar-refractivity contribution >= 4 is 22.3 Å². The molecule has 2 rings (SSSR count). The molecule has 104 valence electrons. The summed E-state index contributed by atoms with van der Waals surface area (Å²) in [7, 11) is 0. The van der Waals surface area contributed by atoms with E-state index < -0.39 is 11.4 Å². The van der Waals surface area contributed by atoms with Crippen LogP contribution < -0.4 is 4.72 Å². The molecule has 19 heavy (non-hydrogen) atoms. The average molecular weight is 279 g/mol. The van der Waals surface area contributed by atoms with E-state index in [1.165, 1.54) is 5.56 Å². The molecule has 0 bridgehead atoms. The van der Waals surface area contributed by atoms with E-state index in [-0.39, 0.29) is 10.8 Å². The molecule has 1 aromatic carbocycles. The summed E-state index contributed by atoms with van der Waals surface area (Å²) in [5.74, 6) is 0.818. The first-order valence-electron chi connectivity index (χ1n) is 6.45. The Hall–Kier alpha value is -0.970. The number of hydrogen-bond donors (Lipinski definition) is 1. The fourth-order valence-corrected chi connectivity index (χ4v) is 2.58. The van der Waals surface area contributed by atoms with Crippen molar-refractivity contribution in [3.05, 3.63) is 35.6 Å². The summed E-state index contributed by atoms with van der Waals surface area (Å²) in [6, 6.07) is 8.03. The highest BCUT2D eigenvalue weighted by atomic mass is 32.2. The predicted octanol–water partition coefficient (Wildman–Crippen LogP) is 3.85. The zero-order chi connectivity index (χ0) is 14.2. The van der Waals surface area contributed by atoms with Gasteiger partial charge in [-0.25, -0.2) is 0 Å². The number of rotatable bonds is 3. The van der Waals surface area contributed by atoms with E-state index in [0.29, 0.717) is 0 Å². The second-order valence-corrected chi connectivity index (χ2v) is 7.91. The number of fused-ring (bicyclic) bond motifs is 1. The molecular formula is C15H21NO2S. The Kier molecular flexibility index (Phi) is 3.95. The lowest BCUT2D eigenvalue weighted by Gasteiger charge is -2.25. The molecule has 1 N–H and O–H groups in total. The molecule has 0 radical (unpaired) electrons. The Bertz CT molecular complexity index is 571. The van der Waals surface area contributed by atoms with Gasteiger partial charge in [-0.2, -0.15) is 0 Å². The Labute approximate surface area is 117 Å². The highest BCUT2D eigenvalue weighted by Gasteiger charge is 2.29. The topological polar surface area (TPSA) is 48.2 Å². The second kappa shape index (κ2) is 5.19. The van der Waals surface area contributed by atoms with E-state index in [1.54, 1.807) is 0 Å². The third-order valence-corrected chi connectivity index (χ3v) is 4.64. The summed E-state index contributed by atoms with van der Waals surface area (Å²) in [4.78, 5) is 0. The fourth-order valence-electron chi connectivity index (χ4n) is 1.79. The van der Waals surface area contributed by atoms with Crippen LogP contribution in [0.4, 0.5) is 0 Å². The van der Waals surface area contributed by atoms with Gasteiger partial charge in [-0.3, -0.25) is 0 Å². The normalized spacial score (nSPS) is 15.7. The Morgan fingerprint density at radius 3 is 2.58 bits per heavy atom. The third-order valence-electron chi connectivity index (χ3n) is 2.96. The zero-order valence-corrected chi connectivity index (χ0v) is 12.9. The van der Waals surface area contributed by atoms with Crippen molar-refractivity contribution in [2.45, 2.75) is 45.4 Å². The van der Waals surface area contributed by atoms with Gasteiger partial charge < -0.3 is 8.97 Å². The molecule has 2 aromatic rings. The minimum absolute atomic E-state index is 0.0761. The maximum atomic E-state index is 12.1. The van der Waals surface area contributed by atoms with E-state index in [9.17, 15) is 4.55 Å². The second-order valence-electron chi connectivity index (χ2n) is 5.91. The van der Waals surface area contributed by atoms with Crippen molar-refractivity contribution < 1.29 is 8.97 Å². The van der Waals surface area contributed by atoms with Gasteiger partial charge in [-0.05, 0) is 52.8 Å². The number of aryl methyl sites for hydroxylation is 1. The van der Waals surface area contributed by atoms with Crippen LogP contribution in [-0.2, 0) is 11.4 Å². The van der Waals surface area contributed by atoms with Gasteiger partial charge in [0.1, 0.15) is 22.1 Å². The lowest BCUT2D eigenvalue weighted by Crippen LogP contribution is -2.40. The van der Waals surface area contributed by atoms with Crippen molar-refractivity contribution in [1.29, 1.82) is 0 Å². The van der Waals surface area contributed by atoms with Crippen LogP contribution in [0.5, 0.6) is 0 Å². The number of furan rings is 1. The number of nitrogens with one attached hydrogen (secondary N) is 1. The molecule has 0 aliphatic heterocycles. The maximum absolute atomic E-state index is 12.1. The van der Waals surface area contributed by atoms with E-state index in [2.05, 4.69) is 17.7 Å². The molecule has 0 aliphatic rings. The summed E-state index contributed by atoms with van der Waals surface area (Å²) in [6.45, 7) is 9.87. The molecule has 4 heteroatoms. The quantitative estimate of drug-likeness (QED) is 0.868. The monoisotopic (exact) mass is 279 g/mol. The van der Waals surface area contributed by atoms with Crippen molar-refractivity contribution in [3.8, 4) is 0 Å². The Balaban J connectivity index is 2.20. The van der Waals surface area contributed by atoms with Gasteiger partial charge in [-0.15, -0.1) is 4.72 Å². The van der Waals surface area contributed by atoms with Gasteiger partial charge in [0.25, 0.3) is 0 Å². The van der Waals surface area contributed by atoms with Gasteiger partial charge in [0.2, 0.25) is 0 Å². The summed E-state index contributed by atoms with van der Waals surface area (Å²) in [5, 5.41) is 1.09. The van der Waals surface area contributed by atoms with Crippen LogP contribution >= 0.6 is 0 Å². The minimum Gasteiger partial charge on any atom is -0.598 e. The highest BCUT2D eigenvalue weighted by Crippen LogP contribution is 2.26. The number of hydrogen-bond acceptors (Lipinski definition) is 3. The summed E-state index contributed by atoms with van der Waals surface area (Å²) in [6.07, 6.45) is 0. The molecule has 0 fully saturated rings. The maximum Gasteiger partial charge on any atom is 0.136 e. The van der Waals surface area contributed by atoms with Crippen LogP contribution in [-0.4, -0.2) is 9.30 Å². The molecule has 0 saturated heterocycles. The van der Waals surface area contributed by atoms with Crippen LogP contribution in [0.2, 0.25) is 0 Å². The van der Waals surface area contributed by atoms with Gasteiger partial charge in [-0.1, -0.05) is 11.6 Å². The van der Waals surface area contributed by atoms with E-state index in [4.69, 9.17) is 4.42 Å². The number of benzene rings is 1. The Morgan fingerprint density at radius 1 is 1.26 bits per heavy atom. The van der Waals surface area contributed by atoms with Crippen LogP contribution in [0.15, 0.2) is 28.7 Å². The molecule has 1 heterocycles. The SMILES string of the molecule is Cc1ccc2oc([C@@H](C)N[S+]([O-])C(C)(C)C)cc2c1. The first kappa shape index (κ1) is 14.4. The van der Waals surface area contributed by atoms with Crippen LogP contribution in [0.25, 0.3) is 11.0 Å². The van der Waals surface area contributed by atoms with Crippen molar-refractivity contribution in [1.82, 2.24) is 4.72 Å². The average Bonchev–Trinajstić information content (AvgIpc) is 2.70. The van der Waals surface area contributed by atoms with E-state index in [0.717, 1.165) is 16.7 Å². The largest absolute Gasteiger partial charge is 0.598 e. The molecule has 3 nitrogen and oxygen atoms in total. The lowest BCUT2D eigenvalue weighted by molar-refractivity contribution is 0.475. The first-order valence-corrected chi connectivity index (χ1v) is 7.60. The molecule has 1 aromatic heterocycles. The molecule has 0 amide bonds. The summed E-state index contributed by atoms with van der Waals surface area (Å²) >= 11 is -1.10. The molecule has 0 aliphatic carbocycles. The van der Waals surface area contributed by atoms with Gasteiger partial charge in [0.05, 0.1) is 0 Å². The summed E-state index contributed by atoms with van der Waals surface area (Å²) in [5.41, 5.74) is 2.08. The minimum atomic E-state index is -1.10. The Morgan fingerprint density at radius 2 is 1.95 bits per heavy atom. The van der Waals surface area contributed by atoms with Gasteiger partial charge >= 0.3 is 0 Å². The highest BCUT2D eigenvalue weighted by molar-refractivity contribution is 7.90. The van der Waals surface area contributed by atoms with Gasteiger partial charge in [0, 0.05) is 16.7 Å². The standard InChI is InChI=1S/C15H21NO2S/c1-10-6-7-13-12(8-10)9-14(18-13)11(2)16-19(17)15(3,4)5/h6-9,11,16H,1-5H3/t11-,19?/m1/s1. The van der Waals surface area contributed by atoms with E-state index >= 15 is 0 Å². The molecule has 0 spiro atoms. The third kappa shape index (κ3) is 3.32. The van der Waals surface area contributed by atoms with Gasteiger partial charge in [0.15, 0.2) is 0 Å². The molecule has 1 unspecified atom stereocenters. The zero-order valence-electron chi connectivity index (χ0n) is 12.1. The smallest absolute Gasteiger partial charge is 0.136 e. The van der Waals surface area contributed by atoms with Crippen molar-refractivity contribution in [3.63, 3.8) is 0 Å². The fraction of sp³-hybridized carbons (Fsp3) is 0.467. The predicted molar refractivity (Wildman–Crippen MR) is 80.4 cm³/mol. The lowest BCUT2D eigenvalue weighted by atomic mass is 10.2. The van der Waals surface area contributed by atoms with Crippen molar-refractivity contribution in [2.24, 2.45) is 0 Å². The molecular weight excluding hydrogens is 258 g/mol. The van der Waals surface area contributed by atoms with E-state index in [1.807, 2.05) is 45.9 Å². The first-order chi connectivity index (χ1) is 8.77. The van der Waals surface area contributed by atoms with Crippen molar-refractivity contribution in [2.75, 3.05) is 0 Å². The van der Waals surface area contributed by atoms with Crippen LogP contribution in [0.1, 0.15) is 45.1 Å². The summed E-state index contributed by atoms with van der Waals surface area (Å²) < 4.78 is 20.7. The molecule has 0 saturated carbocycles. The van der Waals surface area contributed by atoms with Crippen LogP contribution in [0.3, 0.4) is 0 Å².